The lowest BCUT2D eigenvalue weighted by Crippen LogP contribution is -2.43. The quantitative estimate of drug-likeness (QED) is 0.374. The van der Waals surface area contributed by atoms with Crippen molar-refractivity contribution >= 4 is 34.0 Å². The number of ether oxygens (including phenoxy) is 1. The van der Waals surface area contributed by atoms with Crippen LogP contribution in [0.3, 0.4) is 0 Å². The second-order valence-electron chi connectivity index (χ2n) is 9.46. The van der Waals surface area contributed by atoms with E-state index in [0.29, 0.717) is 26.3 Å². The van der Waals surface area contributed by atoms with Gasteiger partial charge in [-0.2, -0.15) is 0 Å². The van der Waals surface area contributed by atoms with Crippen LogP contribution in [-0.2, 0) is 4.74 Å². The van der Waals surface area contributed by atoms with Gasteiger partial charge in [0.2, 0.25) is 0 Å². The van der Waals surface area contributed by atoms with Gasteiger partial charge >= 0.3 is 0 Å². The predicted molar refractivity (Wildman–Crippen MR) is 145 cm³/mol. The van der Waals surface area contributed by atoms with E-state index in [2.05, 4.69) is 50.8 Å². The smallest absolute Gasteiger partial charge is 0.256 e. The second kappa shape index (κ2) is 10.2. The molecule has 2 saturated heterocycles. The van der Waals surface area contributed by atoms with Gasteiger partial charge in [0.05, 0.1) is 24.3 Å². The van der Waals surface area contributed by atoms with Crippen LogP contribution in [0, 0.1) is 5.82 Å². The van der Waals surface area contributed by atoms with Crippen molar-refractivity contribution in [2.45, 2.75) is 0 Å². The predicted octanol–water partition coefficient (Wildman–Crippen LogP) is 4.60. The van der Waals surface area contributed by atoms with Crippen molar-refractivity contribution in [1.29, 1.82) is 0 Å². The van der Waals surface area contributed by atoms with E-state index in [4.69, 9.17) is 4.74 Å². The summed E-state index contributed by atoms with van der Waals surface area (Å²) in [6.07, 6.45) is 0. The van der Waals surface area contributed by atoms with Crippen molar-refractivity contribution in [2.75, 3.05) is 62.7 Å². The molecule has 8 heteroatoms. The maximum absolute atomic E-state index is 15.1. The SMILES string of the molecule is O=C(c1ccc(-c2cccc3cc(Nc4ccc(N5CCNCC5)cc4)[nH]c23)cc1F)N1CCOCC1. The Labute approximate surface area is 215 Å². The lowest BCUT2D eigenvalue weighted by atomic mass is 10.0. The summed E-state index contributed by atoms with van der Waals surface area (Å²) < 4.78 is 20.4. The average molecular weight is 500 g/mol. The van der Waals surface area contributed by atoms with Crippen LogP contribution in [0.4, 0.5) is 21.6 Å². The summed E-state index contributed by atoms with van der Waals surface area (Å²) >= 11 is 0. The number of morpholine rings is 1. The molecule has 0 aliphatic carbocycles. The van der Waals surface area contributed by atoms with Gasteiger partial charge in [0.15, 0.2) is 0 Å². The van der Waals surface area contributed by atoms with Crippen molar-refractivity contribution in [3.63, 3.8) is 0 Å². The highest BCUT2D eigenvalue weighted by Crippen LogP contribution is 2.32. The summed E-state index contributed by atoms with van der Waals surface area (Å²) in [4.78, 5) is 20.3. The number of halogens is 1. The monoisotopic (exact) mass is 499 g/mol. The van der Waals surface area contributed by atoms with Crippen molar-refractivity contribution in [2.24, 2.45) is 0 Å². The van der Waals surface area contributed by atoms with Crippen LogP contribution in [-0.4, -0.2) is 68.3 Å². The second-order valence-corrected chi connectivity index (χ2v) is 9.46. The number of fused-ring (bicyclic) bond motifs is 1. The minimum atomic E-state index is -0.513. The fourth-order valence-electron chi connectivity index (χ4n) is 5.09. The molecule has 2 aliphatic rings. The minimum absolute atomic E-state index is 0.0935. The third kappa shape index (κ3) is 4.90. The number of anilines is 3. The fourth-order valence-corrected chi connectivity index (χ4v) is 5.09. The zero-order chi connectivity index (χ0) is 25.2. The maximum Gasteiger partial charge on any atom is 0.256 e. The highest BCUT2D eigenvalue weighted by atomic mass is 19.1. The van der Waals surface area contributed by atoms with Gasteiger partial charge in [-0.25, -0.2) is 4.39 Å². The average Bonchev–Trinajstić information content (AvgIpc) is 3.36. The molecule has 0 unspecified atom stereocenters. The zero-order valence-corrected chi connectivity index (χ0v) is 20.6. The fraction of sp³-hybridized carbons (Fsp3) is 0.276. The van der Waals surface area contributed by atoms with Crippen molar-refractivity contribution < 1.29 is 13.9 Å². The number of aromatic nitrogens is 1. The Morgan fingerprint density at radius 1 is 0.919 bits per heavy atom. The van der Waals surface area contributed by atoms with Crippen LogP contribution < -0.4 is 15.5 Å². The van der Waals surface area contributed by atoms with E-state index in [1.165, 1.54) is 11.8 Å². The molecular formula is C29H30FN5O2. The molecule has 3 N–H and O–H groups in total. The standard InChI is InChI=1S/C29H30FN5O2/c30-26-18-20(4-9-25(26)29(36)35-14-16-37-17-15-35)24-3-1-2-21-19-27(33-28(21)24)32-22-5-7-23(8-6-22)34-12-10-31-11-13-34/h1-9,18-19,31-33H,10-17H2. The molecule has 0 bridgehead atoms. The summed E-state index contributed by atoms with van der Waals surface area (Å²) in [6.45, 7) is 5.98. The number of piperazine rings is 1. The number of nitrogens with zero attached hydrogens (tertiary/aromatic N) is 2. The molecule has 0 saturated carbocycles. The summed E-state index contributed by atoms with van der Waals surface area (Å²) in [5.41, 5.74) is 4.82. The number of H-pyrrole nitrogens is 1. The number of rotatable bonds is 5. The summed E-state index contributed by atoms with van der Waals surface area (Å²) in [5.74, 6) is 0.0531. The third-order valence-electron chi connectivity index (χ3n) is 7.09. The first-order valence-corrected chi connectivity index (χ1v) is 12.8. The Bertz CT molecular complexity index is 1410. The Morgan fingerprint density at radius 3 is 2.46 bits per heavy atom. The molecule has 37 heavy (non-hydrogen) atoms. The number of carbonyl (C=O) groups excluding carboxylic acids is 1. The summed E-state index contributed by atoms with van der Waals surface area (Å²) in [6, 6.07) is 21.3. The molecule has 0 spiro atoms. The van der Waals surface area contributed by atoms with Gasteiger partial charge in [-0.05, 0) is 48.0 Å². The Hall–Kier alpha value is -3.88. The Balaban J connectivity index is 1.22. The van der Waals surface area contributed by atoms with E-state index in [9.17, 15) is 4.79 Å². The van der Waals surface area contributed by atoms with Gasteiger partial charge in [0.1, 0.15) is 11.6 Å². The molecular weight excluding hydrogens is 469 g/mol. The van der Waals surface area contributed by atoms with Crippen LogP contribution in [0.15, 0.2) is 66.7 Å². The van der Waals surface area contributed by atoms with Crippen LogP contribution >= 0.6 is 0 Å². The molecule has 0 atom stereocenters. The molecule has 1 amide bonds. The number of nitrogens with one attached hydrogen (secondary N) is 3. The Morgan fingerprint density at radius 2 is 1.70 bits per heavy atom. The number of aromatic amines is 1. The number of hydrogen-bond acceptors (Lipinski definition) is 5. The van der Waals surface area contributed by atoms with Gasteiger partial charge in [-0.3, -0.25) is 4.79 Å². The van der Waals surface area contributed by atoms with Crippen LogP contribution in [0.2, 0.25) is 0 Å². The number of para-hydroxylation sites is 1. The molecule has 3 aromatic carbocycles. The number of hydrogen-bond donors (Lipinski definition) is 3. The molecule has 2 fully saturated rings. The largest absolute Gasteiger partial charge is 0.378 e. The third-order valence-corrected chi connectivity index (χ3v) is 7.09. The molecule has 190 valence electrons. The van der Waals surface area contributed by atoms with E-state index in [-0.39, 0.29) is 11.5 Å². The molecule has 4 aromatic rings. The highest BCUT2D eigenvalue weighted by Gasteiger charge is 2.22. The Kier molecular flexibility index (Phi) is 6.51. The van der Waals surface area contributed by atoms with Crippen LogP contribution in [0.1, 0.15) is 10.4 Å². The molecule has 6 rings (SSSR count). The lowest BCUT2D eigenvalue weighted by Gasteiger charge is -2.29. The number of benzene rings is 3. The number of carbonyl (C=O) groups is 1. The van der Waals surface area contributed by atoms with Gasteiger partial charge in [0, 0.05) is 61.6 Å². The van der Waals surface area contributed by atoms with E-state index < -0.39 is 5.82 Å². The topological polar surface area (TPSA) is 72.6 Å². The molecule has 1 aromatic heterocycles. The minimum Gasteiger partial charge on any atom is -0.378 e. The lowest BCUT2D eigenvalue weighted by molar-refractivity contribution is 0.0300. The molecule has 2 aliphatic heterocycles. The van der Waals surface area contributed by atoms with Crippen molar-refractivity contribution in [3.05, 3.63) is 78.1 Å². The van der Waals surface area contributed by atoms with E-state index in [1.54, 1.807) is 11.0 Å². The van der Waals surface area contributed by atoms with Gasteiger partial charge in [-0.15, -0.1) is 0 Å². The van der Waals surface area contributed by atoms with Crippen molar-refractivity contribution in [3.8, 4) is 11.1 Å². The zero-order valence-electron chi connectivity index (χ0n) is 20.6. The van der Waals surface area contributed by atoms with Gasteiger partial charge < -0.3 is 30.2 Å². The molecule has 7 nitrogen and oxygen atoms in total. The van der Waals surface area contributed by atoms with Crippen LogP contribution in [0.25, 0.3) is 22.0 Å². The summed E-state index contributed by atoms with van der Waals surface area (Å²) in [7, 11) is 0. The van der Waals surface area contributed by atoms with Gasteiger partial charge in [-0.1, -0.05) is 24.3 Å². The van der Waals surface area contributed by atoms with Crippen LogP contribution in [0.5, 0.6) is 0 Å². The first-order valence-electron chi connectivity index (χ1n) is 12.8. The normalized spacial score (nSPS) is 16.2. The van der Waals surface area contributed by atoms with Gasteiger partial charge in [0.25, 0.3) is 5.91 Å². The highest BCUT2D eigenvalue weighted by molar-refractivity contribution is 5.98. The first kappa shape index (κ1) is 23.5. The van der Waals surface area contributed by atoms with E-state index in [1.807, 2.05) is 24.3 Å². The van der Waals surface area contributed by atoms with E-state index in [0.717, 1.165) is 59.7 Å². The number of amides is 1. The van der Waals surface area contributed by atoms with Crippen molar-refractivity contribution in [1.82, 2.24) is 15.2 Å². The molecule has 0 radical (unpaired) electrons. The summed E-state index contributed by atoms with van der Waals surface area (Å²) in [5, 5.41) is 7.85. The van der Waals surface area contributed by atoms with E-state index >= 15 is 4.39 Å². The maximum atomic E-state index is 15.1. The first-order chi connectivity index (χ1) is 18.2. The molecule has 3 heterocycles.